The van der Waals surface area contributed by atoms with E-state index in [0.717, 1.165) is 66.7 Å². The average molecular weight is 463 g/mol. The number of aryl methyl sites for hydroxylation is 2. The summed E-state index contributed by atoms with van der Waals surface area (Å²) < 4.78 is 19.8. The van der Waals surface area contributed by atoms with Crippen LogP contribution in [0.25, 0.3) is 0 Å². The fourth-order valence-electron chi connectivity index (χ4n) is 4.20. The zero-order chi connectivity index (χ0) is 22.4. The van der Waals surface area contributed by atoms with Gasteiger partial charge in [0.05, 0.1) is 6.20 Å². The van der Waals surface area contributed by atoms with E-state index in [1.165, 1.54) is 24.2 Å². The smallest absolute Gasteiger partial charge is 0.355 e. The fourth-order valence-corrected chi connectivity index (χ4v) is 6.87. The van der Waals surface area contributed by atoms with Gasteiger partial charge in [-0.15, -0.1) is 15.7 Å². The summed E-state index contributed by atoms with van der Waals surface area (Å²) in [5.74, 6) is -0.582. The minimum atomic E-state index is -3.60. The van der Waals surface area contributed by atoms with Crippen LogP contribution in [0, 0.1) is 0 Å². The molecule has 31 heavy (non-hydrogen) atoms. The van der Waals surface area contributed by atoms with Crippen LogP contribution in [-0.2, 0) is 46.0 Å². The van der Waals surface area contributed by atoms with Crippen molar-refractivity contribution in [1.29, 1.82) is 0 Å². The topological polar surface area (TPSA) is 121 Å². The average Bonchev–Trinajstić information content (AvgIpc) is 3.40. The summed E-state index contributed by atoms with van der Waals surface area (Å²) in [7, 11) is -3.60. The monoisotopic (exact) mass is 462 g/mol. The van der Waals surface area contributed by atoms with E-state index in [0.29, 0.717) is 5.01 Å². The maximum absolute atomic E-state index is 13.5. The van der Waals surface area contributed by atoms with Gasteiger partial charge < -0.3 is 10.4 Å². The Morgan fingerprint density at radius 2 is 1.77 bits per heavy atom. The lowest BCUT2D eigenvalue weighted by Gasteiger charge is -2.15. The molecular weight excluding hydrogens is 436 g/mol. The summed E-state index contributed by atoms with van der Waals surface area (Å²) in [5, 5.41) is 13.4. The number of rotatable bonds is 4. The standard InChI is InChI=1S/C21H26N4O4S2/c1-12(26)24-31(29,17-11-22-19(30-17)21(2,3)28)25-20(27)23-18-15-8-4-6-13(15)10-14-7-5-9-16(14)18/h10-11,28H,4-9H2,1-3H3,(H2,23,24,25,26,27,29). The van der Waals surface area contributed by atoms with E-state index in [9.17, 15) is 18.9 Å². The van der Waals surface area contributed by atoms with Crippen LogP contribution in [-0.4, -0.2) is 26.2 Å². The minimum absolute atomic E-state index is 0.110. The molecule has 0 radical (unpaired) electrons. The molecule has 1 atom stereocenters. The zero-order valence-corrected chi connectivity index (χ0v) is 19.4. The SMILES string of the molecule is CC(=O)NS(=O)(=NC(=O)Nc1c2c(cc3c1CCC3)CCC2)c1cnc(C(C)(C)O)s1. The number of nitrogens with zero attached hydrogens (tertiary/aromatic N) is 2. The van der Waals surface area contributed by atoms with Gasteiger partial charge in [-0.3, -0.25) is 9.52 Å². The molecule has 8 nitrogen and oxygen atoms in total. The highest BCUT2D eigenvalue weighted by Crippen LogP contribution is 2.38. The normalized spacial score (nSPS) is 16.9. The van der Waals surface area contributed by atoms with Gasteiger partial charge in [-0.05, 0) is 74.6 Å². The van der Waals surface area contributed by atoms with Crippen LogP contribution < -0.4 is 10.0 Å². The highest BCUT2D eigenvalue weighted by atomic mass is 32.2. The Bertz CT molecular complexity index is 1150. The van der Waals surface area contributed by atoms with Gasteiger partial charge in [0.25, 0.3) is 0 Å². The van der Waals surface area contributed by atoms with Crippen molar-refractivity contribution in [2.45, 2.75) is 69.1 Å². The zero-order valence-electron chi connectivity index (χ0n) is 17.8. The van der Waals surface area contributed by atoms with E-state index in [-0.39, 0.29) is 4.21 Å². The number of amides is 3. The van der Waals surface area contributed by atoms with Crippen LogP contribution in [0.15, 0.2) is 20.8 Å². The quantitative estimate of drug-likeness (QED) is 0.643. The molecule has 2 aliphatic carbocycles. The first kappa shape index (κ1) is 21.9. The third-order valence-electron chi connectivity index (χ3n) is 5.48. The maximum Gasteiger partial charge on any atom is 0.355 e. The number of hydrogen-bond donors (Lipinski definition) is 3. The van der Waals surface area contributed by atoms with Crippen LogP contribution in [0.5, 0.6) is 0 Å². The van der Waals surface area contributed by atoms with Crippen molar-refractivity contribution in [2.24, 2.45) is 4.36 Å². The Morgan fingerprint density at radius 1 is 1.16 bits per heavy atom. The largest absolute Gasteiger partial charge is 0.383 e. The summed E-state index contributed by atoms with van der Waals surface area (Å²) in [6.45, 7) is 4.31. The van der Waals surface area contributed by atoms with Crippen molar-refractivity contribution < 1.29 is 18.9 Å². The molecule has 0 bridgehead atoms. The van der Waals surface area contributed by atoms with Gasteiger partial charge in [0, 0.05) is 12.6 Å². The third-order valence-corrected chi connectivity index (χ3v) is 9.15. The van der Waals surface area contributed by atoms with Crippen molar-refractivity contribution in [1.82, 2.24) is 9.71 Å². The molecule has 2 aromatic rings. The highest BCUT2D eigenvalue weighted by Gasteiger charge is 2.28. The number of anilines is 1. The van der Waals surface area contributed by atoms with E-state index in [1.807, 2.05) is 0 Å². The van der Waals surface area contributed by atoms with Gasteiger partial charge in [-0.1, -0.05) is 6.07 Å². The number of benzene rings is 1. The van der Waals surface area contributed by atoms with E-state index in [1.54, 1.807) is 13.8 Å². The number of hydrogen-bond acceptors (Lipinski definition) is 6. The van der Waals surface area contributed by atoms with Crippen LogP contribution in [0.1, 0.15) is 60.9 Å². The number of nitrogens with one attached hydrogen (secondary N) is 2. The first-order chi connectivity index (χ1) is 14.6. The number of thiazole rings is 1. The number of fused-ring (bicyclic) bond motifs is 2. The van der Waals surface area contributed by atoms with E-state index in [4.69, 9.17) is 0 Å². The van der Waals surface area contributed by atoms with Crippen molar-refractivity contribution in [3.63, 3.8) is 0 Å². The van der Waals surface area contributed by atoms with E-state index in [2.05, 4.69) is 25.5 Å². The van der Waals surface area contributed by atoms with Crippen LogP contribution in [0.3, 0.4) is 0 Å². The molecule has 1 aromatic heterocycles. The Kier molecular flexibility index (Phi) is 5.65. The van der Waals surface area contributed by atoms with Crippen LogP contribution in [0.2, 0.25) is 0 Å². The predicted octanol–water partition coefficient (Wildman–Crippen LogP) is 3.46. The van der Waals surface area contributed by atoms with Gasteiger partial charge in [-0.2, -0.15) is 0 Å². The lowest BCUT2D eigenvalue weighted by atomic mass is 9.99. The molecule has 3 N–H and O–H groups in total. The lowest BCUT2D eigenvalue weighted by Crippen LogP contribution is -2.29. The molecule has 1 aromatic carbocycles. The number of aliphatic hydroxyl groups is 1. The Hall–Kier alpha value is -2.30. The summed E-state index contributed by atoms with van der Waals surface area (Å²) in [6.07, 6.45) is 7.14. The highest BCUT2D eigenvalue weighted by molar-refractivity contribution is 7.94. The van der Waals surface area contributed by atoms with Gasteiger partial charge in [0.2, 0.25) is 5.91 Å². The van der Waals surface area contributed by atoms with Crippen LogP contribution >= 0.6 is 11.3 Å². The molecule has 0 fully saturated rings. The number of carbonyl (C=O) groups is 2. The summed E-state index contributed by atoms with van der Waals surface area (Å²) in [6, 6.07) is 1.49. The molecule has 3 amide bonds. The first-order valence-electron chi connectivity index (χ1n) is 10.3. The summed E-state index contributed by atoms with van der Waals surface area (Å²) in [5.41, 5.74) is 4.34. The second-order valence-electron chi connectivity index (χ2n) is 8.48. The summed E-state index contributed by atoms with van der Waals surface area (Å²) >= 11 is 0.952. The number of urea groups is 1. The molecular formula is C21H26N4O4S2. The molecule has 2 aliphatic rings. The lowest BCUT2D eigenvalue weighted by molar-refractivity contribution is -0.117. The van der Waals surface area contributed by atoms with Crippen molar-refractivity contribution >= 4 is 38.9 Å². The predicted molar refractivity (Wildman–Crippen MR) is 120 cm³/mol. The maximum atomic E-state index is 13.5. The minimum Gasteiger partial charge on any atom is -0.383 e. The van der Waals surface area contributed by atoms with E-state index < -0.39 is 27.5 Å². The fraction of sp³-hybridized carbons (Fsp3) is 0.476. The molecule has 0 saturated heterocycles. The van der Waals surface area contributed by atoms with Crippen molar-refractivity contribution in [2.75, 3.05) is 5.32 Å². The van der Waals surface area contributed by atoms with Gasteiger partial charge in [0.15, 0.2) is 9.92 Å². The third kappa shape index (κ3) is 4.37. The summed E-state index contributed by atoms with van der Waals surface area (Å²) in [4.78, 5) is 28.7. The molecule has 4 rings (SSSR count). The van der Waals surface area contributed by atoms with Crippen LogP contribution in [0.4, 0.5) is 10.5 Å². The Balaban J connectivity index is 1.72. The molecule has 10 heteroatoms. The second-order valence-corrected chi connectivity index (χ2v) is 11.7. The Labute approximate surface area is 185 Å². The second kappa shape index (κ2) is 7.99. The number of aromatic nitrogens is 1. The number of carbonyl (C=O) groups excluding carboxylic acids is 2. The molecule has 1 unspecified atom stereocenters. The van der Waals surface area contributed by atoms with Gasteiger partial charge in [-0.25, -0.2) is 14.0 Å². The Morgan fingerprint density at radius 3 is 2.29 bits per heavy atom. The molecule has 0 spiro atoms. The molecule has 1 heterocycles. The molecule has 0 aliphatic heterocycles. The molecule has 0 saturated carbocycles. The first-order valence-corrected chi connectivity index (χ1v) is 12.6. The van der Waals surface area contributed by atoms with Gasteiger partial charge in [0.1, 0.15) is 14.8 Å². The van der Waals surface area contributed by atoms with Gasteiger partial charge >= 0.3 is 6.03 Å². The van der Waals surface area contributed by atoms with Crippen molar-refractivity contribution in [3.8, 4) is 0 Å². The van der Waals surface area contributed by atoms with E-state index >= 15 is 0 Å². The van der Waals surface area contributed by atoms with Crippen molar-refractivity contribution in [3.05, 3.63) is 39.5 Å². The molecule has 166 valence electrons.